The number of hydrogen-bond donors (Lipinski definition) is 0. The summed E-state index contributed by atoms with van der Waals surface area (Å²) in [7, 11) is 0. The van der Waals surface area contributed by atoms with Gasteiger partial charge in [0, 0.05) is 13.6 Å². The second-order valence-electron chi connectivity index (χ2n) is 12.5. The Bertz CT molecular complexity index is 5080. The van der Waals surface area contributed by atoms with Gasteiger partial charge in [0.15, 0.2) is 0 Å². The van der Waals surface area contributed by atoms with Gasteiger partial charge < -0.3 is 0 Å². The maximum Gasteiger partial charge on any atom is 0.0636 e. The third-order valence-electron chi connectivity index (χ3n) is 9.62. The lowest BCUT2D eigenvalue weighted by Gasteiger charge is -2.23. The van der Waals surface area contributed by atoms with Crippen molar-refractivity contribution in [3.05, 3.63) is 180 Å². The molecule has 0 radical (unpaired) electrons. The van der Waals surface area contributed by atoms with Crippen molar-refractivity contribution in [3.63, 3.8) is 0 Å². The van der Waals surface area contributed by atoms with Crippen LogP contribution in [0.2, 0.25) is 0 Å². The van der Waals surface area contributed by atoms with Gasteiger partial charge in [0.05, 0.1) is 38.4 Å². The first kappa shape index (κ1) is 11.5. The van der Waals surface area contributed by atoms with E-state index in [4.69, 9.17) is 17.8 Å². The predicted octanol–water partition coefficient (Wildman–Crippen LogP) is 14.8. The summed E-state index contributed by atoms with van der Waals surface area (Å²) < 4.78 is 313. The van der Waals surface area contributed by atoms with E-state index in [0.717, 1.165) is 0 Å². The molecule has 1 aliphatic rings. The lowest BCUT2D eigenvalue weighted by Crippen LogP contribution is -2.15. The SMILES string of the molecule is [2H]c1c([2H])c(-c2c([2H])c([2H])c3c(c2[2H])C(C([2H])([2H])[2H])(C([2H])([2H])[2H])c2c([2H])c(-c4c([2H])c([2H])c5c([2H])c([2H])c6c([2H])c([2H])c([2H])c7c([2H])c([2H])c4c5c67)c([2H])c([2H])c2-3)c([2H])c(-c2c([2H])c([2H])c3c([2H])c([2H])c4c([2H])c([2H])c([2H])c5c([2H])c([2H])c2c3c45)c1[2H]. The van der Waals surface area contributed by atoms with Gasteiger partial charge in [0.25, 0.3) is 0 Å². The Kier molecular flexibility index (Phi) is 2.24. The first-order chi connectivity index (χ1) is 40.2. The number of hydrogen-bond acceptors (Lipinski definition) is 0. The molecule has 11 aromatic carbocycles. The third-order valence-corrected chi connectivity index (χ3v) is 9.62. The smallest absolute Gasteiger partial charge is 0.0610 e. The molecular weight excluding hydrogens is 637 g/mol. The Morgan fingerprint density at radius 1 is 0.340 bits per heavy atom. The lowest BCUT2D eigenvalue weighted by molar-refractivity contribution is 0.661. The fraction of sp³-hybridized carbons (Fsp3) is 0.0566. The summed E-state index contributed by atoms with van der Waals surface area (Å²) in [6.07, 6.45) is 0. The number of rotatable bonds is 3. The van der Waals surface area contributed by atoms with Gasteiger partial charge in [-0.2, -0.15) is 0 Å². The molecule has 0 saturated carbocycles. The molecule has 0 aliphatic heterocycles. The van der Waals surface area contributed by atoms with Crippen molar-refractivity contribution in [1.29, 1.82) is 0 Å². The van der Waals surface area contributed by atoms with Crippen molar-refractivity contribution in [3.8, 4) is 44.5 Å². The minimum absolute atomic E-state index is 0.353. The Morgan fingerprint density at radius 2 is 0.717 bits per heavy atom. The Balaban J connectivity index is 1.23. The highest BCUT2D eigenvalue weighted by atomic mass is 14.4. The fourth-order valence-corrected chi connectivity index (χ4v) is 7.22. The van der Waals surface area contributed by atoms with Crippen LogP contribution >= 0.6 is 0 Å². The molecule has 0 bridgehead atoms. The van der Waals surface area contributed by atoms with Gasteiger partial charge in [-0.25, -0.2) is 0 Å². The van der Waals surface area contributed by atoms with Gasteiger partial charge in [-0.3, -0.25) is 0 Å². The minimum atomic E-state index is -4.11. The third kappa shape index (κ3) is 3.96. The van der Waals surface area contributed by atoms with Crippen LogP contribution in [0.1, 0.15) is 71.4 Å². The summed E-state index contributed by atoms with van der Waals surface area (Å²) in [5.41, 5.74) is -14.3. The molecule has 0 unspecified atom stereocenters. The van der Waals surface area contributed by atoms with E-state index in [1.807, 2.05) is 0 Å². The van der Waals surface area contributed by atoms with E-state index in [1.54, 1.807) is 0 Å². The van der Waals surface area contributed by atoms with E-state index in [-0.39, 0.29) is 10.8 Å². The summed E-state index contributed by atoms with van der Waals surface area (Å²) in [6, 6.07) is -27.8. The van der Waals surface area contributed by atoms with Crippen LogP contribution in [0.3, 0.4) is 0 Å². The van der Waals surface area contributed by atoms with E-state index in [9.17, 15) is 28.8 Å². The summed E-state index contributed by atoms with van der Waals surface area (Å²) in [6.45, 7) is -8.22. The largest absolute Gasteiger partial charge is 0.0636 e. The number of benzene rings is 11. The van der Waals surface area contributed by atoms with Crippen LogP contribution in [0, 0.1) is 0 Å². The molecule has 0 spiro atoms. The van der Waals surface area contributed by atoms with E-state index in [0.29, 0.717) is 0 Å². The average molecular weight is 705 g/mol. The molecule has 0 aromatic heterocycles. The average Bonchev–Trinajstić information content (AvgIpc) is 1.63. The van der Waals surface area contributed by atoms with Crippen LogP contribution in [-0.2, 0) is 5.41 Å². The molecule has 0 atom stereocenters. The Hall–Kier alpha value is -6.50. The van der Waals surface area contributed by atoms with Crippen molar-refractivity contribution in [1.82, 2.24) is 0 Å². The molecule has 11 aromatic rings. The molecule has 0 amide bonds. The van der Waals surface area contributed by atoms with E-state index in [2.05, 4.69) is 0 Å². The van der Waals surface area contributed by atoms with E-state index >= 15 is 0 Å². The van der Waals surface area contributed by atoms with Crippen LogP contribution in [0.25, 0.3) is 109 Å². The molecule has 53 heavy (non-hydrogen) atoms. The summed E-state index contributed by atoms with van der Waals surface area (Å²) >= 11 is 0. The highest BCUT2D eigenvalue weighted by molar-refractivity contribution is 6.26. The van der Waals surface area contributed by atoms with Crippen LogP contribution < -0.4 is 0 Å². The predicted molar refractivity (Wildman–Crippen MR) is 228 cm³/mol. The summed E-state index contributed by atoms with van der Waals surface area (Å²) in [4.78, 5) is 0. The molecule has 0 heteroatoms. The van der Waals surface area contributed by atoms with Gasteiger partial charge in [0.1, 0.15) is 0 Å². The van der Waals surface area contributed by atoms with Crippen LogP contribution in [0.4, 0.5) is 0 Å². The zero-order valence-corrected chi connectivity index (χ0v) is 26.5. The molecule has 0 N–H and O–H groups in total. The van der Waals surface area contributed by atoms with Crippen LogP contribution in [0.5, 0.6) is 0 Å². The van der Waals surface area contributed by atoms with Gasteiger partial charge in [-0.1, -0.05) is 165 Å². The van der Waals surface area contributed by atoms with E-state index < -0.39 is 298 Å². The van der Waals surface area contributed by atoms with Crippen LogP contribution in [0.15, 0.2) is 169 Å². The molecule has 0 fully saturated rings. The van der Waals surface area contributed by atoms with Gasteiger partial charge in [-0.15, -0.1) is 0 Å². The van der Waals surface area contributed by atoms with Crippen molar-refractivity contribution in [2.45, 2.75) is 19.1 Å². The normalized spacial score (nSPS) is 23.2. The topological polar surface area (TPSA) is 0 Å². The van der Waals surface area contributed by atoms with Crippen molar-refractivity contribution in [2.75, 3.05) is 0 Å². The van der Waals surface area contributed by atoms with Crippen molar-refractivity contribution in [2.24, 2.45) is 0 Å². The van der Waals surface area contributed by atoms with Crippen molar-refractivity contribution < 1.29 is 46.6 Å². The molecular formula is C53H34. The van der Waals surface area contributed by atoms with Gasteiger partial charge in [0.2, 0.25) is 0 Å². The van der Waals surface area contributed by atoms with Crippen LogP contribution in [-0.4, -0.2) is 0 Å². The molecule has 1 aliphatic carbocycles. The fourth-order valence-electron chi connectivity index (χ4n) is 7.22. The van der Waals surface area contributed by atoms with Gasteiger partial charge >= 0.3 is 0 Å². The second kappa shape index (κ2) is 10.3. The second-order valence-corrected chi connectivity index (χ2v) is 12.5. The summed E-state index contributed by atoms with van der Waals surface area (Å²) in [5.74, 6) is 0. The molecule has 246 valence electrons. The maximum atomic E-state index is 10.0. The molecule has 0 nitrogen and oxygen atoms in total. The first-order valence-electron chi connectivity index (χ1n) is 33.0. The van der Waals surface area contributed by atoms with Gasteiger partial charge in [-0.05, 0) is 138 Å². The summed E-state index contributed by atoms with van der Waals surface area (Å²) in [5, 5.41) is -5.93. The number of fused-ring (bicyclic) bond motifs is 3. The quantitative estimate of drug-likeness (QED) is 0.161. The maximum absolute atomic E-state index is 10.0. The Morgan fingerprint density at radius 3 is 1.26 bits per heavy atom. The molecule has 0 heterocycles. The highest BCUT2D eigenvalue weighted by Gasteiger charge is 2.36. The zero-order valence-electron chi connectivity index (χ0n) is 60.5. The zero-order chi connectivity index (χ0) is 64.4. The lowest BCUT2D eigenvalue weighted by atomic mass is 9.80. The highest BCUT2D eigenvalue weighted by Crippen LogP contribution is 2.51. The molecule has 0 saturated heterocycles. The Labute approximate surface area is 356 Å². The molecule has 12 rings (SSSR count). The standard InChI is InChI=1S/C53H34/c1-53(2)47-29-38(37-10-5-11-39(28-37)41-22-16-35-14-12-31-6-3-8-33-18-26-45(41)51(35)49(31)33)20-24-43(47)44-25-21-40(30-48(44)53)42-23-17-36-15-13-32-7-4-9-34-19-27-46(42)52(36)50(32)34/h3-30H,1-2H3/i1D3,2D3,3D,4D,5D,6D,7D,8D,9D,10D,11D,12D,13D,14D,15D,16D,17D,18D,19D,20D,21D,22D,23D,24D,25D,26D,27D,28D,29D,30D. The first-order valence-corrected chi connectivity index (χ1v) is 16.0. The monoisotopic (exact) mass is 704 g/mol. The minimum Gasteiger partial charge on any atom is -0.0610 e. The van der Waals surface area contributed by atoms with E-state index in [1.165, 1.54) is 0 Å². The van der Waals surface area contributed by atoms with Crippen molar-refractivity contribution >= 4 is 64.6 Å².